The minimum absolute atomic E-state index is 0. The van der Waals surface area contributed by atoms with Gasteiger partial charge < -0.3 is 0 Å². The van der Waals surface area contributed by atoms with Gasteiger partial charge in [-0.2, -0.15) is 0 Å². The van der Waals surface area contributed by atoms with Crippen molar-refractivity contribution >= 4 is 37.1 Å². The first-order valence-electron chi connectivity index (χ1n) is 13.0. The fourth-order valence-corrected chi connectivity index (χ4v) is 9.66. The Morgan fingerprint density at radius 3 is 0.784 bits per heavy atom. The van der Waals surface area contributed by atoms with Crippen LogP contribution in [0.2, 0.25) is 0 Å². The molecule has 0 fully saturated rings. The molecule has 0 aliphatic heterocycles. The SMILES string of the molecule is C1=CCCC=CCC1.[Ir].c1ccc(P(CCP(c2ccccc2)c2ccccc2)c2ccccc2)cc1. The van der Waals surface area contributed by atoms with Crippen LogP contribution in [0.25, 0.3) is 0 Å². The van der Waals surface area contributed by atoms with Crippen molar-refractivity contribution in [1.29, 1.82) is 0 Å². The Hall–Kier alpha value is -2.13. The number of rotatable bonds is 7. The normalized spacial score (nSPS) is 12.7. The third-order valence-electron chi connectivity index (χ3n) is 6.15. The maximum absolute atomic E-state index is 2.30. The largest absolute Gasteiger partial charge is 0.0882 e. The van der Waals surface area contributed by atoms with Crippen molar-refractivity contribution < 1.29 is 20.1 Å². The molecule has 4 aromatic carbocycles. The summed E-state index contributed by atoms with van der Waals surface area (Å²) in [7, 11) is -0.696. The van der Waals surface area contributed by atoms with E-state index in [0.717, 1.165) is 0 Å². The van der Waals surface area contributed by atoms with Crippen molar-refractivity contribution in [2.45, 2.75) is 25.7 Å². The van der Waals surface area contributed by atoms with Gasteiger partial charge in [0.05, 0.1) is 0 Å². The van der Waals surface area contributed by atoms with Crippen LogP contribution in [0.3, 0.4) is 0 Å². The van der Waals surface area contributed by atoms with E-state index >= 15 is 0 Å². The maximum Gasteiger partial charge on any atom is 0 e. The summed E-state index contributed by atoms with van der Waals surface area (Å²) in [5.74, 6) is 0. The Kier molecular flexibility index (Phi) is 13.8. The van der Waals surface area contributed by atoms with Crippen LogP contribution in [-0.2, 0) is 20.1 Å². The molecule has 0 nitrogen and oxygen atoms in total. The molecule has 1 aliphatic rings. The van der Waals surface area contributed by atoms with E-state index in [2.05, 4.69) is 146 Å². The van der Waals surface area contributed by atoms with Gasteiger partial charge in [0, 0.05) is 20.1 Å². The van der Waals surface area contributed by atoms with Crippen LogP contribution in [0, 0.1) is 0 Å². The minimum Gasteiger partial charge on any atom is -0.0882 e. The molecule has 5 rings (SSSR count). The van der Waals surface area contributed by atoms with Gasteiger partial charge in [0.2, 0.25) is 0 Å². The van der Waals surface area contributed by atoms with Gasteiger partial charge in [0.15, 0.2) is 0 Å². The zero-order chi connectivity index (χ0) is 24.7. The van der Waals surface area contributed by atoms with Crippen molar-refractivity contribution in [3.63, 3.8) is 0 Å². The Labute approximate surface area is 239 Å². The topological polar surface area (TPSA) is 0 Å². The Morgan fingerprint density at radius 1 is 0.351 bits per heavy atom. The molecule has 0 atom stereocenters. The summed E-state index contributed by atoms with van der Waals surface area (Å²) in [4.78, 5) is 0. The van der Waals surface area contributed by atoms with E-state index in [1.54, 1.807) is 0 Å². The maximum atomic E-state index is 2.30. The molecular weight excluding hydrogens is 663 g/mol. The molecule has 1 radical (unpaired) electrons. The van der Waals surface area contributed by atoms with E-state index in [9.17, 15) is 0 Å². The molecule has 1 aliphatic carbocycles. The molecule has 0 spiro atoms. The van der Waals surface area contributed by atoms with Gasteiger partial charge in [-0.3, -0.25) is 0 Å². The van der Waals surface area contributed by atoms with E-state index in [-0.39, 0.29) is 35.9 Å². The van der Waals surface area contributed by atoms with Gasteiger partial charge in [0.25, 0.3) is 0 Å². The average Bonchev–Trinajstić information content (AvgIpc) is 2.93. The van der Waals surface area contributed by atoms with E-state index in [1.165, 1.54) is 59.2 Å². The average molecular weight is 699 g/mol. The van der Waals surface area contributed by atoms with Crippen LogP contribution in [0.1, 0.15) is 25.7 Å². The van der Waals surface area contributed by atoms with E-state index < -0.39 is 0 Å². The number of hydrogen-bond acceptors (Lipinski definition) is 0. The molecule has 0 heterocycles. The Balaban J connectivity index is 0.000000363. The van der Waals surface area contributed by atoms with E-state index in [0.29, 0.717) is 0 Å². The summed E-state index contributed by atoms with van der Waals surface area (Å²) >= 11 is 0. The smallest absolute Gasteiger partial charge is 0 e. The van der Waals surface area contributed by atoms with Gasteiger partial charge in [0.1, 0.15) is 0 Å². The predicted molar refractivity (Wildman–Crippen MR) is 165 cm³/mol. The molecule has 0 unspecified atom stereocenters. The zero-order valence-corrected chi connectivity index (χ0v) is 25.5. The molecule has 0 amide bonds. The number of allylic oxidation sites excluding steroid dienone is 4. The van der Waals surface area contributed by atoms with Gasteiger partial charge in [-0.15, -0.1) is 0 Å². The summed E-state index contributed by atoms with van der Waals surface area (Å²) in [5, 5.41) is 5.89. The molecule has 0 bridgehead atoms. The number of hydrogen-bond donors (Lipinski definition) is 0. The fourth-order valence-electron chi connectivity index (χ4n) is 4.30. The van der Waals surface area contributed by atoms with E-state index in [4.69, 9.17) is 0 Å². The molecule has 0 saturated carbocycles. The second-order valence-electron chi connectivity index (χ2n) is 8.74. The van der Waals surface area contributed by atoms with Crippen LogP contribution in [0.15, 0.2) is 146 Å². The van der Waals surface area contributed by atoms with Crippen molar-refractivity contribution in [1.82, 2.24) is 0 Å². The molecule has 191 valence electrons. The third-order valence-corrected chi connectivity index (χ3v) is 11.5. The van der Waals surface area contributed by atoms with Crippen LogP contribution >= 0.6 is 15.8 Å². The molecule has 4 aromatic rings. The van der Waals surface area contributed by atoms with Crippen molar-refractivity contribution in [3.8, 4) is 0 Å². The molecule has 37 heavy (non-hydrogen) atoms. The standard InChI is InChI=1S/C26H24P2.C8H12.Ir/c1-5-13-23(14-6-1)27(24-15-7-2-8-16-24)21-22-28(25-17-9-3-10-18-25)26-19-11-4-12-20-26;1-2-4-6-8-7-5-3-1;/h1-20H,21-22H2;1-2,7-8H,3-6H2;. The predicted octanol–water partition coefficient (Wildman–Crippen LogP) is 7.92. The minimum atomic E-state index is -0.348. The summed E-state index contributed by atoms with van der Waals surface area (Å²) < 4.78 is 0. The van der Waals surface area contributed by atoms with Crippen molar-refractivity contribution in [2.24, 2.45) is 0 Å². The van der Waals surface area contributed by atoms with Crippen molar-refractivity contribution in [3.05, 3.63) is 146 Å². The van der Waals surface area contributed by atoms with Gasteiger partial charge >= 0.3 is 0 Å². The summed E-state index contributed by atoms with van der Waals surface area (Å²) in [6, 6.07) is 44.2. The molecule has 3 heteroatoms. The first-order valence-corrected chi connectivity index (χ1v) is 16.0. The first-order chi connectivity index (χ1) is 17.9. The van der Waals surface area contributed by atoms with E-state index in [1.807, 2.05) is 0 Å². The first kappa shape index (κ1) is 29.4. The number of benzene rings is 4. The van der Waals surface area contributed by atoms with Gasteiger partial charge in [-0.05, 0) is 75.1 Å². The Morgan fingerprint density at radius 2 is 0.568 bits per heavy atom. The zero-order valence-electron chi connectivity index (χ0n) is 21.3. The third kappa shape index (κ3) is 9.93. The quantitative estimate of drug-likeness (QED) is 0.136. The van der Waals surface area contributed by atoms with Gasteiger partial charge in [-0.25, -0.2) is 0 Å². The van der Waals surface area contributed by atoms with Crippen LogP contribution < -0.4 is 21.2 Å². The van der Waals surface area contributed by atoms with Crippen LogP contribution in [0.4, 0.5) is 0 Å². The summed E-state index contributed by atoms with van der Waals surface area (Å²) in [6.45, 7) is 0. The second kappa shape index (κ2) is 17.4. The monoisotopic (exact) mass is 699 g/mol. The second-order valence-corrected chi connectivity index (χ2v) is 13.4. The van der Waals surface area contributed by atoms with Crippen LogP contribution in [0.5, 0.6) is 0 Å². The molecular formula is C34H36IrP2. The Bertz CT molecular complexity index is 988. The summed E-state index contributed by atoms with van der Waals surface area (Å²) in [5.41, 5.74) is 0. The van der Waals surface area contributed by atoms with Crippen LogP contribution in [-0.4, -0.2) is 12.3 Å². The van der Waals surface area contributed by atoms with Gasteiger partial charge in [-0.1, -0.05) is 146 Å². The molecule has 0 saturated heterocycles. The van der Waals surface area contributed by atoms with Crippen molar-refractivity contribution in [2.75, 3.05) is 12.3 Å². The fraction of sp³-hybridized carbons (Fsp3) is 0.176. The summed E-state index contributed by atoms with van der Waals surface area (Å²) in [6.07, 6.45) is 16.4. The molecule has 0 aromatic heterocycles. The molecule has 0 N–H and O–H groups in total.